The van der Waals surface area contributed by atoms with Gasteiger partial charge in [-0.1, -0.05) is 23.7 Å². The van der Waals surface area contributed by atoms with E-state index < -0.39 is 0 Å². The fourth-order valence-electron chi connectivity index (χ4n) is 4.24. The summed E-state index contributed by atoms with van der Waals surface area (Å²) in [4.78, 5) is 17.8. The summed E-state index contributed by atoms with van der Waals surface area (Å²) in [7, 11) is 2.14. The van der Waals surface area contributed by atoms with Gasteiger partial charge in [0.1, 0.15) is 5.58 Å². The van der Waals surface area contributed by atoms with Crippen molar-refractivity contribution in [3.63, 3.8) is 0 Å². The molecule has 31 heavy (non-hydrogen) atoms. The minimum atomic E-state index is -0.169. The van der Waals surface area contributed by atoms with Gasteiger partial charge in [0.15, 0.2) is 5.76 Å². The third-order valence-electron chi connectivity index (χ3n) is 6.45. The zero-order chi connectivity index (χ0) is 22.1. The monoisotopic (exact) mass is 439 g/mol. The molecular weight excluding hydrogens is 410 g/mol. The molecule has 0 unspecified atom stereocenters. The van der Waals surface area contributed by atoms with Gasteiger partial charge >= 0.3 is 0 Å². The second kappa shape index (κ2) is 9.03. The summed E-state index contributed by atoms with van der Waals surface area (Å²) in [5.41, 5.74) is 5.16. The molecule has 1 amide bonds. The second-order valence-corrected chi connectivity index (χ2v) is 9.04. The van der Waals surface area contributed by atoms with E-state index in [2.05, 4.69) is 54.2 Å². The van der Waals surface area contributed by atoms with Gasteiger partial charge in [-0.25, -0.2) is 0 Å². The lowest BCUT2D eigenvalue weighted by Crippen LogP contribution is -2.48. The van der Waals surface area contributed by atoms with E-state index in [9.17, 15) is 4.79 Å². The minimum absolute atomic E-state index is 0.0871. The molecule has 1 N–H and O–H groups in total. The lowest BCUT2D eigenvalue weighted by molar-refractivity contribution is 0.0864. The van der Waals surface area contributed by atoms with Crippen LogP contribution < -0.4 is 5.32 Å². The van der Waals surface area contributed by atoms with Gasteiger partial charge < -0.3 is 14.6 Å². The Kier molecular flexibility index (Phi) is 6.37. The molecule has 4 rings (SSSR count). The van der Waals surface area contributed by atoms with Crippen molar-refractivity contribution < 1.29 is 9.21 Å². The van der Waals surface area contributed by atoms with Crippen LogP contribution in [-0.2, 0) is 0 Å². The van der Waals surface area contributed by atoms with Crippen molar-refractivity contribution in [2.45, 2.75) is 26.8 Å². The molecule has 0 bridgehead atoms. The summed E-state index contributed by atoms with van der Waals surface area (Å²) in [5, 5.41) is 4.85. The molecule has 2 aromatic carbocycles. The van der Waals surface area contributed by atoms with E-state index >= 15 is 0 Å². The molecule has 1 saturated heterocycles. The third-order valence-corrected chi connectivity index (χ3v) is 6.70. The summed E-state index contributed by atoms with van der Waals surface area (Å²) in [6.45, 7) is 10.5. The number of carbonyl (C=O) groups excluding carboxylic acids is 1. The number of rotatable bonds is 5. The van der Waals surface area contributed by atoms with Gasteiger partial charge in [0, 0.05) is 48.7 Å². The Morgan fingerprint density at radius 1 is 1.06 bits per heavy atom. The molecule has 6 heteroatoms. The summed E-state index contributed by atoms with van der Waals surface area (Å²) >= 11 is 6.10. The smallest absolute Gasteiger partial charge is 0.287 e. The van der Waals surface area contributed by atoms with E-state index in [1.165, 1.54) is 5.56 Å². The molecule has 5 nitrogen and oxygen atoms in total. The summed E-state index contributed by atoms with van der Waals surface area (Å²) in [6.07, 6.45) is 0. The van der Waals surface area contributed by atoms with Crippen LogP contribution in [0, 0.1) is 20.8 Å². The Labute approximate surface area is 189 Å². The molecule has 2 heterocycles. The largest absolute Gasteiger partial charge is 0.451 e. The molecule has 3 aromatic rings. The van der Waals surface area contributed by atoms with E-state index in [-0.39, 0.29) is 11.9 Å². The predicted molar refractivity (Wildman–Crippen MR) is 126 cm³/mol. The van der Waals surface area contributed by atoms with E-state index in [4.69, 9.17) is 16.0 Å². The molecule has 1 aliphatic heterocycles. The lowest BCUT2D eigenvalue weighted by atomic mass is 10.0. The van der Waals surface area contributed by atoms with Gasteiger partial charge in [0.05, 0.1) is 6.04 Å². The van der Waals surface area contributed by atoms with E-state index in [0.717, 1.165) is 53.8 Å². The Morgan fingerprint density at radius 3 is 2.39 bits per heavy atom. The van der Waals surface area contributed by atoms with Crippen LogP contribution in [-0.4, -0.2) is 55.5 Å². The van der Waals surface area contributed by atoms with Gasteiger partial charge in [0.2, 0.25) is 0 Å². The van der Waals surface area contributed by atoms with Gasteiger partial charge in [0.25, 0.3) is 5.91 Å². The van der Waals surface area contributed by atoms with Crippen molar-refractivity contribution in [3.8, 4) is 0 Å². The van der Waals surface area contributed by atoms with E-state index in [1.54, 1.807) is 0 Å². The second-order valence-electron chi connectivity index (χ2n) is 8.61. The van der Waals surface area contributed by atoms with Crippen molar-refractivity contribution in [1.29, 1.82) is 0 Å². The third kappa shape index (κ3) is 4.64. The maximum atomic E-state index is 13.1. The van der Waals surface area contributed by atoms with Crippen LogP contribution in [0.15, 0.2) is 40.8 Å². The van der Waals surface area contributed by atoms with Crippen LogP contribution in [0.5, 0.6) is 0 Å². The number of hydrogen-bond acceptors (Lipinski definition) is 4. The number of halogens is 1. The van der Waals surface area contributed by atoms with Gasteiger partial charge in [-0.05, 0) is 68.8 Å². The molecule has 0 spiro atoms. The first kappa shape index (κ1) is 21.9. The number of likely N-dealkylation sites (N-methyl/N-ethyl adjacent to an activating group) is 1. The van der Waals surface area contributed by atoms with Crippen LogP contribution in [0.1, 0.15) is 38.9 Å². The summed E-state index contributed by atoms with van der Waals surface area (Å²) < 4.78 is 5.96. The zero-order valence-electron chi connectivity index (χ0n) is 18.7. The topological polar surface area (TPSA) is 48.7 Å². The van der Waals surface area contributed by atoms with Crippen LogP contribution in [0.4, 0.5) is 0 Å². The maximum absolute atomic E-state index is 13.1. The van der Waals surface area contributed by atoms with Gasteiger partial charge in [-0.2, -0.15) is 0 Å². The SMILES string of the molecule is Cc1cc2oc(C(=O)NC[C@@H](c3ccc(Cl)cc3)N3CCN(C)CC3)c(C)c2cc1C. The number of furan rings is 1. The Balaban J connectivity index is 1.55. The van der Waals surface area contributed by atoms with Crippen molar-refractivity contribution in [1.82, 2.24) is 15.1 Å². The average Bonchev–Trinajstić information content (AvgIpc) is 3.06. The molecule has 1 atom stereocenters. The fraction of sp³-hybridized carbons (Fsp3) is 0.400. The summed E-state index contributed by atoms with van der Waals surface area (Å²) in [5.74, 6) is 0.227. The van der Waals surface area contributed by atoms with Crippen LogP contribution >= 0.6 is 11.6 Å². The molecule has 1 fully saturated rings. The van der Waals surface area contributed by atoms with E-state index in [1.807, 2.05) is 25.1 Å². The molecule has 0 radical (unpaired) electrons. The Bertz CT molecular complexity index is 1080. The highest BCUT2D eigenvalue weighted by atomic mass is 35.5. The molecule has 164 valence electrons. The van der Waals surface area contributed by atoms with Gasteiger partial charge in [-0.3, -0.25) is 9.69 Å². The van der Waals surface area contributed by atoms with Crippen molar-refractivity contribution in [2.75, 3.05) is 39.8 Å². The molecule has 0 aliphatic carbocycles. The number of piperazine rings is 1. The van der Waals surface area contributed by atoms with Crippen LogP contribution in [0.2, 0.25) is 5.02 Å². The Hall–Kier alpha value is -2.34. The minimum Gasteiger partial charge on any atom is -0.451 e. The molecule has 1 aromatic heterocycles. The number of nitrogens with one attached hydrogen (secondary N) is 1. The predicted octanol–water partition coefficient (Wildman–Crippen LogP) is 4.73. The molecular formula is C25H30ClN3O2. The van der Waals surface area contributed by atoms with E-state index in [0.29, 0.717) is 17.3 Å². The Morgan fingerprint density at radius 2 is 1.71 bits per heavy atom. The number of nitrogens with zero attached hydrogens (tertiary/aromatic N) is 2. The van der Waals surface area contributed by atoms with Gasteiger partial charge in [-0.15, -0.1) is 0 Å². The average molecular weight is 440 g/mol. The lowest BCUT2D eigenvalue weighted by Gasteiger charge is -2.38. The first-order valence-electron chi connectivity index (χ1n) is 10.8. The highest BCUT2D eigenvalue weighted by molar-refractivity contribution is 6.30. The maximum Gasteiger partial charge on any atom is 0.287 e. The number of hydrogen-bond donors (Lipinski definition) is 1. The number of amides is 1. The fourth-order valence-corrected chi connectivity index (χ4v) is 4.36. The standard InChI is InChI=1S/C25H30ClN3O2/c1-16-13-21-18(3)24(31-23(21)14-17(16)2)25(30)27-15-22(19-5-7-20(26)8-6-19)29-11-9-28(4)10-12-29/h5-8,13-14,22H,9-12,15H2,1-4H3,(H,27,30)/t22-/m0/s1. The van der Waals surface area contributed by atoms with Crippen molar-refractivity contribution in [2.24, 2.45) is 0 Å². The highest BCUT2D eigenvalue weighted by Crippen LogP contribution is 2.28. The molecule has 1 aliphatic rings. The number of benzene rings is 2. The summed E-state index contributed by atoms with van der Waals surface area (Å²) in [6, 6.07) is 12.1. The quantitative estimate of drug-likeness (QED) is 0.624. The first-order valence-corrected chi connectivity index (χ1v) is 11.2. The number of carbonyl (C=O) groups is 1. The number of aryl methyl sites for hydroxylation is 3. The van der Waals surface area contributed by atoms with Crippen LogP contribution in [0.25, 0.3) is 11.0 Å². The van der Waals surface area contributed by atoms with Crippen molar-refractivity contribution >= 4 is 28.5 Å². The number of fused-ring (bicyclic) bond motifs is 1. The normalized spacial score (nSPS) is 16.5. The molecule has 0 saturated carbocycles. The zero-order valence-corrected chi connectivity index (χ0v) is 19.4. The highest BCUT2D eigenvalue weighted by Gasteiger charge is 2.26. The van der Waals surface area contributed by atoms with Crippen LogP contribution in [0.3, 0.4) is 0 Å². The van der Waals surface area contributed by atoms with Crippen molar-refractivity contribution in [3.05, 3.63) is 69.4 Å². The first-order chi connectivity index (χ1) is 14.8.